The number of carbonyl (C=O) groups excluding carboxylic acids is 6. The van der Waals surface area contributed by atoms with Gasteiger partial charge in [0.2, 0.25) is 29.5 Å². The van der Waals surface area contributed by atoms with Gasteiger partial charge in [-0.05, 0) is 86.1 Å². The number of β-amino-alcohol motifs (C(OH)–C–C–N with tert-alkyl or cyclic N) is 1. The van der Waals surface area contributed by atoms with Crippen molar-refractivity contribution in [3.8, 4) is 16.2 Å². The Morgan fingerprint density at radius 2 is 1.64 bits per heavy atom. The number of aryl methyl sites for hydroxylation is 1. The highest BCUT2D eigenvalue weighted by atomic mass is 32.1. The Bertz CT molecular complexity index is 2270. The third-order valence-electron chi connectivity index (χ3n) is 10.7. The summed E-state index contributed by atoms with van der Waals surface area (Å²) in [6.07, 6.45) is 2.10. The average molecular weight is 897 g/mol. The minimum Gasteiger partial charge on any atom is -0.493 e. The molecule has 0 radical (unpaired) electrons. The molecule has 64 heavy (non-hydrogen) atoms. The van der Waals surface area contributed by atoms with E-state index < -0.39 is 35.4 Å². The van der Waals surface area contributed by atoms with Gasteiger partial charge in [-0.2, -0.15) is 0 Å². The van der Waals surface area contributed by atoms with E-state index in [0.717, 1.165) is 21.7 Å². The van der Waals surface area contributed by atoms with Crippen LogP contribution in [0.4, 0.5) is 17.1 Å². The second kappa shape index (κ2) is 22.9. The van der Waals surface area contributed by atoms with Gasteiger partial charge >= 0.3 is 0 Å². The summed E-state index contributed by atoms with van der Waals surface area (Å²) < 4.78 is 6.26. The summed E-state index contributed by atoms with van der Waals surface area (Å²) >= 11 is 1.51. The quantitative estimate of drug-likeness (QED) is 0.0431. The third kappa shape index (κ3) is 14.1. The van der Waals surface area contributed by atoms with Crippen LogP contribution in [0.25, 0.3) is 10.4 Å². The van der Waals surface area contributed by atoms with E-state index in [1.165, 1.54) is 23.2 Å². The van der Waals surface area contributed by atoms with Gasteiger partial charge in [0.25, 0.3) is 5.91 Å². The van der Waals surface area contributed by atoms with E-state index >= 15 is 0 Å². The molecule has 1 saturated heterocycles. The van der Waals surface area contributed by atoms with Crippen LogP contribution < -0.4 is 37.1 Å². The number of likely N-dealkylation sites (tertiary alicyclic amines) is 1. The Hall–Kier alpha value is -6.33. The minimum absolute atomic E-state index is 0.0193. The number of ether oxygens (including phenoxy) is 1. The molecule has 3 aromatic carbocycles. The van der Waals surface area contributed by atoms with Crippen molar-refractivity contribution >= 4 is 63.8 Å². The summed E-state index contributed by atoms with van der Waals surface area (Å²) in [5.41, 5.74) is 11.5. The number of para-hydroxylation sites is 2. The number of aliphatic hydroxyl groups is 1. The zero-order valence-corrected chi connectivity index (χ0v) is 37.9. The first-order valence-corrected chi connectivity index (χ1v) is 22.4. The molecule has 0 saturated carbocycles. The van der Waals surface area contributed by atoms with Gasteiger partial charge in [0, 0.05) is 62.6 Å². The van der Waals surface area contributed by atoms with E-state index in [2.05, 4.69) is 31.6 Å². The van der Waals surface area contributed by atoms with Crippen molar-refractivity contribution in [3.63, 3.8) is 0 Å². The second-order valence-electron chi connectivity index (χ2n) is 17.0. The van der Waals surface area contributed by atoms with Crippen molar-refractivity contribution in [2.75, 3.05) is 36.1 Å². The Balaban J connectivity index is 1.04. The molecule has 0 bridgehead atoms. The maximum absolute atomic E-state index is 13.7. The summed E-state index contributed by atoms with van der Waals surface area (Å²) in [5, 5.41) is 24.7. The van der Waals surface area contributed by atoms with E-state index in [9.17, 15) is 33.9 Å². The standard InChI is InChI=1S/C47H60N8O8S/c1-29-42(64-28-51-29)32-16-17-33(26-50-45(61)38-25-35(57)27-55(38)46(62)43(47(3,4)5)52-30(2)56)39(24-32)63-23-11-10-22-49-40(58)14-8-9-15-41(59)53-34-20-18-31(19-21-34)44(60)54-37-13-7-6-12-36(37)48/h6-7,12-13,16-21,24,28,35,38,43,57H,8-11,14-15,22-23,25-27,48H2,1-5H3,(H,49,58)(H,50,61)(H,52,56)(H,53,59)(H,54,60)/t35-,38+,43-/m1/s1. The third-order valence-corrected chi connectivity index (χ3v) is 11.7. The highest BCUT2D eigenvalue weighted by Gasteiger charge is 2.44. The van der Waals surface area contributed by atoms with E-state index in [0.29, 0.717) is 67.2 Å². The van der Waals surface area contributed by atoms with Crippen LogP contribution >= 0.6 is 11.3 Å². The average Bonchev–Trinajstić information content (AvgIpc) is 3.87. The van der Waals surface area contributed by atoms with E-state index in [1.54, 1.807) is 54.0 Å². The molecule has 17 heteroatoms. The normalized spacial score (nSPS) is 15.2. The van der Waals surface area contributed by atoms with Crippen molar-refractivity contribution in [1.82, 2.24) is 25.8 Å². The van der Waals surface area contributed by atoms with Gasteiger partial charge in [-0.1, -0.05) is 45.0 Å². The highest BCUT2D eigenvalue weighted by Crippen LogP contribution is 2.33. The molecule has 0 aliphatic carbocycles. The van der Waals surface area contributed by atoms with Crippen LogP contribution in [0.2, 0.25) is 0 Å². The molecule has 6 amide bonds. The molecule has 5 rings (SSSR count). The lowest BCUT2D eigenvalue weighted by molar-refractivity contribution is -0.143. The molecule has 1 aliphatic rings. The van der Waals surface area contributed by atoms with Crippen LogP contribution in [0.15, 0.2) is 72.2 Å². The molecule has 0 spiro atoms. The zero-order chi connectivity index (χ0) is 46.4. The summed E-state index contributed by atoms with van der Waals surface area (Å²) in [7, 11) is 0. The van der Waals surface area contributed by atoms with E-state index in [4.69, 9.17) is 10.5 Å². The van der Waals surface area contributed by atoms with Gasteiger partial charge < -0.3 is 47.1 Å². The molecular formula is C47H60N8O8S. The lowest BCUT2D eigenvalue weighted by atomic mass is 9.85. The first-order valence-electron chi connectivity index (χ1n) is 21.5. The van der Waals surface area contributed by atoms with Crippen LogP contribution in [0.1, 0.15) is 94.3 Å². The molecule has 1 aliphatic heterocycles. The Labute approximate surface area is 378 Å². The second-order valence-corrected chi connectivity index (χ2v) is 17.8. The first kappa shape index (κ1) is 48.7. The number of nitrogen functional groups attached to an aromatic ring is 1. The number of nitrogens with two attached hydrogens (primary N) is 1. The Morgan fingerprint density at radius 3 is 2.31 bits per heavy atom. The Morgan fingerprint density at radius 1 is 0.922 bits per heavy atom. The first-order chi connectivity index (χ1) is 30.5. The summed E-state index contributed by atoms with van der Waals surface area (Å²) in [4.78, 5) is 83.6. The van der Waals surface area contributed by atoms with Gasteiger partial charge in [0.05, 0.1) is 40.2 Å². The van der Waals surface area contributed by atoms with Crippen molar-refractivity contribution in [2.45, 2.75) is 104 Å². The SMILES string of the molecule is CC(=O)N[C@H](C(=O)N1C[C@H](O)C[C@H]1C(=O)NCc1ccc(-c2scnc2C)cc1OCCCCNC(=O)CCCCC(=O)Nc1ccc(C(=O)Nc2ccccc2N)cc1)C(C)(C)C. The molecule has 3 atom stereocenters. The molecule has 1 fully saturated rings. The largest absolute Gasteiger partial charge is 0.493 e. The number of anilines is 3. The number of hydrogen-bond donors (Lipinski definition) is 7. The van der Waals surface area contributed by atoms with E-state index in [-0.39, 0.29) is 56.0 Å². The number of amides is 6. The fraction of sp³-hybridized carbons (Fsp3) is 0.426. The van der Waals surface area contributed by atoms with Crippen LogP contribution in [-0.4, -0.2) is 88.3 Å². The number of aromatic nitrogens is 1. The fourth-order valence-electron chi connectivity index (χ4n) is 7.21. The van der Waals surface area contributed by atoms with Crippen LogP contribution in [-0.2, 0) is 30.5 Å². The van der Waals surface area contributed by atoms with Crippen LogP contribution in [0.3, 0.4) is 0 Å². The summed E-state index contributed by atoms with van der Waals surface area (Å²) in [6.45, 7) is 9.65. The molecule has 2 heterocycles. The number of nitrogens with zero attached hydrogens (tertiary/aromatic N) is 2. The van der Waals surface area contributed by atoms with Gasteiger partial charge in [-0.3, -0.25) is 28.8 Å². The van der Waals surface area contributed by atoms with Gasteiger partial charge in [-0.15, -0.1) is 11.3 Å². The molecule has 0 unspecified atom stereocenters. The monoisotopic (exact) mass is 896 g/mol. The topological polar surface area (TPSA) is 234 Å². The van der Waals surface area contributed by atoms with Crippen molar-refractivity contribution < 1.29 is 38.6 Å². The number of benzene rings is 3. The number of thiazole rings is 1. The van der Waals surface area contributed by atoms with Crippen molar-refractivity contribution in [2.24, 2.45) is 5.41 Å². The number of unbranched alkanes of at least 4 members (excludes halogenated alkanes) is 2. The lowest BCUT2D eigenvalue weighted by Crippen LogP contribution is -2.57. The smallest absolute Gasteiger partial charge is 0.255 e. The minimum atomic E-state index is -0.918. The van der Waals surface area contributed by atoms with Gasteiger partial charge in [-0.25, -0.2) is 4.98 Å². The van der Waals surface area contributed by atoms with Gasteiger partial charge in [0.1, 0.15) is 17.8 Å². The predicted octanol–water partition coefficient (Wildman–Crippen LogP) is 5.56. The number of aliphatic hydroxyl groups excluding tert-OH is 1. The molecule has 1 aromatic heterocycles. The fourth-order valence-corrected chi connectivity index (χ4v) is 8.01. The number of carbonyl (C=O) groups is 6. The maximum atomic E-state index is 13.7. The summed E-state index contributed by atoms with van der Waals surface area (Å²) in [6, 6.07) is 17.5. The van der Waals surface area contributed by atoms with Gasteiger partial charge in [0.15, 0.2) is 0 Å². The number of nitrogens with one attached hydrogen (secondary N) is 5. The van der Waals surface area contributed by atoms with Crippen molar-refractivity contribution in [1.29, 1.82) is 0 Å². The molecular weight excluding hydrogens is 837 g/mol. The number of hydrogen-bond acceptors (Lipinski definition) is 11. The predicted molar refractivity (Wildman–Crippen MR) is 247 cm³/mol. The van der Waals surface area contributed by atoms with Crippen molar-refractivity contribution in [3.05, 3.63) is 89.1 Å². The van der Waals surface area contributed by atoms with Crippen LogP contribution in [0, 0.1) is 12.3 Å². The Kier molecular flexibility index (Phi) is 17.4. The molecule has 16 nitrogen and oxygen atoms in total. The zero-order valence-electron chi connectivity index (χ0n) is 37.1. The molecule has 342 valence electrons. The number of rotatable bonds is 20. The molecule has 4 aromatic rings. The lowest BCUT2D eigenvalue weighted by Gasteiger charge is -2.35. The summed E-state index contributed by atoms with van der Waals surface area (Å²) in [5.74, 6) is -1.24. The van der Waals surface area contributed by atoms with Crippen LogP contribution in [0.5, 0.6) is 5.75 Å². The highest BCUT2D eigenvalue weighted by molar-refractivity contribution is 7.13. The van der Waals surface area contributed by atoms with E-state index in [1.807, 2.05) is 45.9 Å². The maximum Gasteiger partial charge on any atom is 0.255 e. The molecule has 8 N–H and O–H groups in total.